The van der Waals surface area contributed by atoms with Gasteiger partial charge >= 0.3 is 0 Å². The maximum Gasteiger partial charge on any atom is 0.234 e. The molecule has 7 heteroatoms. The van der Waals surface area contributed by atoms with Crippen LogP contribution in [0.3, 0.4) is 0 Å². The number of amides is 1. The topological polar surface area (TPSA) is 67.6 Å². The third-order valence-electron chi connectivity index (χ3n) is 4.39. The molecule has 0 radical (unpaired) electrons. The van der Waals surface area contributed by atoms with E-state index in [1.807, 2.05) is 0 Å². The highest BCUT2D eigenvalue weighted by molar-refractivity contribution is 5.85. The zero-order chi connectivity index (χ0) is 16.7. The Labute approximate surface area is 149 Å². The summed E-state index contributed by atoms with van der Waals surface area (Å²) in [5, 5.41) is 2.92. The number of nitrogens with one attached hydrogen (secondary N) is 1. The first-order valence-corrected chi connectivity index (χ1v) is 8.10. The molecule has 2 rings (SSSR count). The van der Waals surface area contributed by atoms with Crippen LogP contribution in [-0.4, -0.2) is 56.2 Å². The van der Waals surface area contributed by atoms with Crippen molar-refractivity contribution in [3.8, 4) is 0 Å². The maximum absolute atomic E-state index is 12.8. The molecule has 1 aliphatic heterocycles. The van der Waals surface area contributed by atoms with Crippen molar-refractivity contribution < 1.29 is 13.9 Å². The molecule has 1 heterocycles. The van der Waals surface area contributed by atoms with Crippen molar-refractivity contribution in [3.63, 3.8) is 0 Å². The van der Waals surface area contributed by atoms with Gasteiger partial charge < -0.3 is 15.8 Å². The van der Waals surface area contributed by atoms with Crippen LogP contribution < -0.4 is 11.1 Å². The van der Waals surface area contributed by atoms with Gasteiger partial charge in [0.15, 0.2) is 0 Å². The molecule has 1 saturated heterocycles. The van der Waals surface area contributed by atoms with Gasteiger partial charge in [0.1, 0.15) is 5.82 Å². The van der Waals surface area contributed by atoms with E-state index < -0.39 is 0 Å². The summed E-state index contributed by atoms with van der Waals surface area (Å²) in [5.74, 6) is -0.244. The second kappa shape index (κ2) is 10.6. The van der Waals surface area contributed by atoms with Crippen molar-refractivity contribution in [1.82, 2.24) is 10.2 Å². The Balaban J connectivity index is 0.00000288. The quantitative estimate of drug-likeness (QED) is 0.771. The molecular weight excluding hydrogens is 333 g/mol. The number of carbonyl (C=O) groups is 1. The number of likely N-dealkylation sites (tertiary alicyclic amines) is 1. The van der Waals surface area contributed by atoms with Crippen LogP contribution in [0.5, 0.6) is 0 Å². The van der Waals surface area contributed by atoms with Gasteiger partial charge in [0.25, 0.3) is 0 Å². The lowest BCUT2D eigenvalue weighted by atomic mass is 9.99. The van der Waals surface area contributed by atoms with E-state index in [4.69, 9.17) is 10.5 Å². The van der Waals surface area contributed by atoms with Gasteiger partial charge in [0.05, 0.1) is 12.6 Å². The molecule has 0 aromatic heterocycles. The van der Waals surface area contributed by atoms with Gasteiger partial charge in [0.2, 0.25) is 5.91 Å². The second-order valence-electron chi connectivity index (χ2n) is 5.97. The number of ether oxygens (including phenoxy) is 1. The average Bonchev–Trinajstić information content (AvgIpc) is 2.57. The lowest BCUT2D eigenvalue weighted by Crippen LogP contribution is -2.51. The van der Waals surface area contributed by atoms with E-state index in [1.165, 1.54) is 12.1 Å². The van der Waals surface area contributed by atoms with Crippen molar-refractivity contribution in [3.05, 3.63) is 35.6 Å². The van der Waals surface area contributed by atoms with E-state index in [0.29, 0.717) is 26.1 Å². The minimum absolute atomic E-state index is 0. The number of methoxy groups -OCH3 is 1. The van der Waals surface area contributed by atoms with Crippen LogP contribution in [0, 0.1) is 5.82 Å². The molecule has 2 atom stereocenters. The number of nitrogens with zero attached hydrogens (tertiary/aromatic N) is 1. The Morgan fingerprint density at radius 3 is 2.75 bits per heavy atom. The predicted octanol–water partition coefficient (Wildman–Crippen LogP) is 1.34. The third-order valence-corrected chi connectivity index (χ3v) is 4.39. The Hall–Kier alpha value is -1.21. The zero-order valence-corrected chi connectivity index (χ0v) is 14.9. The fourth-order valence-electron chi connectivity index (χ4n) is 2.97. The number of hydrogen-bond acceptors (Lipinski definition) is 4. The van der Waals surface area contributed by atoms with E-state index in [1.54, 1.807) is 19.2 Å². The molecule has 1 aromatic carbocycles. The van der Waals surface area contributed by atoms with Crippen LogP contribution in [0.15, 0.2) is 24.3 Å². The largest absolute Gasteiger partial charge is 0.381 e. The molecule has 0 saturated carbocycles. The summed E-state index contributed by atoms with van der Waals surface area (Å²) >= 11 is 0. The number of benzene rings is 1. The summed E-state index contributed by atoms with van der Waals surface area (Å²) in [4.78, 5) is 14.2. The summed E-state index contributed by atoms with van der Waals surface area (Å²) in [7, 11) is 1.72. The second-order valence-corrected chi connectivity index (χ2v) is 5.97. The number of nitrogens with two attached hydrogens (primary N) is 1. The van der Waals surface area contributed by atoms with Crippen molar-refractivity contribution >= 4 is 18.3 Å². The lowest BCUT2D eigenvalue weighted by molar-refractivity contribution is -0.123. The first-order valence-electron chi connectivity index (χ1n) is 8.10. The molecule has 0 spiro atoms. The molecule has 2 unspecified atom stereocenters. The molecule has 5 nitrogen and oxygen atoms in total. The van der Waals surface area contributed by atoms with Crippen LogP contribution in [0.2, 0.25) is 0 Å². The lowest BCUT2D eigenvalue weighted by Gasteiger charge is -2.37. The van der Waals surface area contributed by atoms with Gasteiger partial charge in [-0.05, 0) is 37.0 Å². The Morgan fingerprint density at radius 1 is 1.42 bits per heavy atom. The Kier molecular flexibility index (Phi) is 9.21. The van der Waals surface area contributed by atoms with Crippen LogP contribution in [0.25, 0.3) is 0 Å². The predicted molar refractivity (Wildman–Crippen MR) is 94.8 cm³/mol. The highest BCUT2D eigenvalue weighted by Crippen LogP contribution is 2.18. The molecule has 1 fully saturated rings. The van der Waals surface area contributed by atoms with Gasteiger partial charge in [-0.3, -0.25) is 9.69 Å². The molecule has 0 bridgehead atoms. The standard InChI is InChI=1S/C17H26FN3O2.ClH/c1-23-16-7-9-21(15(10-16)11-19)12-17(22)20-8-6-13-2-4-14(18)5-3-13;/h2-5,15-16H,6-12,19H2,1H3,(H,20,22);1H. The fraction of sp³-hybridized carbons (Fsp3) is 0.588. The van der Waals surface area contributed by atoms with Crippen molar-refractivity contribution in [1.29, 1.82) is 0 Å². The highest BCUT2D eigenvalue weighted by Gasteiger charge is 2.28. The summed E-state index contributed by atoms with van der Waals surface area (Å²) in [6.45, 7) is 2.27. The summed E-state index contributed by atoms with van der Waals surface area (Å²) in [6.07, 6.45) is 2.73. The van der Waals surface area contributed by atoms with E-state index in [2.05, 4.69) is 10.2 Å². The smallest absolute Gasteiger partial charge is 0.234 e. The van der Waals surface area contributed by atoms with E-state index >= 15 is 0 Å². The number of piperidine rings is 1. The maximum atomic E-state index is 12.8. The van der Waals surface area contributed by atoms with Crippen LogP contribution in [-0.2, 0) is 16.0 Å². The van der Waals surface area contributed by atoms with Gasteiger partial charge in [0, 0.05) is 32.8 Å². The third kappa shape index (κ3) is 6.36. The average molecular weight is 360 g/mol. The highest BCUT2D eigenvalue weighted by atomic mass is 35.5. The van der Waals surface area contributed by atoms with E-state index in [-0.39, 0.29) is 36.3 Å². The summed E-state index contributed by atoms with van der Waals surface area (Å²) in [6, 6.07) is 6.53. The van der Waals surface area contributed by atoms with Crippen molar-refractivity contribution in [2.45, 2.75) is 31.4 Å². The van der Waals surface area contributed by atoms with Crippen LogP contribution >= 0.6 is 12.4 Å². The van der Waals surface area contributed by atoms with Gasteiger partial charge in [-0.1, -0.05) is 12.1 Å². The number of halogens is 2. The minimum atomic E-state index is -0.245. The first-order chi connectivity index (χ1) is 11.1. The number of hydrogen-bond donors (Lipinski definition) is 2. The Bertz CT molecular complexity index is 501. The van der Waals surface area contributed by atoms with Gasteiger partial charge in [-0.2, -0.15) is 0 Å². The first kappa shape index (κ1) is 20.8. The van der Waals surface area contributed by atoms with Crippen LogP contribution in [0.1, 0.15) is 18.4 Å². The van der Waals surface area contributed by atoms with E-state index in [9.17, 15) is 9.18 Å². The van der Waals surface area contributed by atoms with Crippen molar-refractivity contribution in [2.75, 3.05) is 33.3 Å². The van der Waals surface area contributed by atoms with Crippen molar-refractivity contribution in [2.24, 2.45) is 5.73 Å². The minimum Gasteiger partial charge on any atom is -0.381 e. The summed E-state index contributed by atoms with van der Waals surface area (Å²) < 4.78 is 18.2. The van der Waals surface area contributed by atoms with Crippen LogP contribution in [0.4, 0.5) is 4.39 Å². The molecule has 1 aromatic rings. The SMILES string of the molecule is COC1CCN(CC(=O)NCCc2ccc(F)cc2)C(CN)C1.Cl. The van der Waals surface area contributed by atoms with E-state index in [0.717, 1.165) is 24.9 Å². The van der Waals surface area contributed by atoms with Gasteiger partial charge in [-0.25, -0.2) is 4.39 Å². The summed E-state index contributed by atoms with van der Waals surface area (Å²) in [5.41, 5.74) is 6.82. The number of carbonyl (C=O) groups excluding carboxylic acids is 1. The number of rotatable bonds is 7. The molecule has 24 heavy (non-hydrogen) atoms. The molecule has 1 amide bonds. The zero-order valence-electron chi connectivity index (χ0n) is 14.0. The van der Waals surface area contributed by atoms with Gasteiger partial charge in [-0.15, -0.1) is 12.4 Å². The molecule has 0 aliphatic carbocycles. The normalized spacial score (nSPS) is 21.1. The fourth-order valence-corrected chi connectivity index (χ4v) is 2.97. The molecule has 136 valence electrons. The monoisotopic (exact) mass is 359 g/mol. The molecule has 3 N–H and O–H groups in total. The molecule has 1 aliphatic rings. The molecular formula is C17H27ClFN3O2. The Morgan fingerprint density at radius 2 is 2.12 bits per heavy atom.